The molecule has 0 fully saturated rings. The van der Waals surface area contributed by atoms with Crippen molar-refractivity contribution in [1.29, 1.82) is 0 Å². The molecule has 0 aliphatic heterocycles. The molecule has 5 aromatic rings. The maximum atomic E-state index is 2.28. The molecule has 1 heteroatoms. The molecule has 0 aliphatic carbocycles. The Hall–Kier alpha value is -2.64. The summed E-state index contributed by atoms with van der Waals surface area (Å²) < 4.78 is 2.73. The smallest absolute Gasteiger partial charge is 0.0362 e. The second kappa shape index (κ2) is 5.19. The van der Waals surface area contributed by atoms with Crippen molar-refractivity contribution < 1.29 is 0 Å². The second-order valence-electron chi connectivity index (χ2n) is 6.31. The van der Waals surface area contributed by atoms with Crippen molar-refractivity contribution in [3.8, 4) is 11.1 Å². The van der Waals surface area contributed by atoms with E-state index in [0.717, 1.165) is 0 Å². The minimum atomic E-state index is 1.30. The number of aryl methyl sites for hydroxylation is 1. The first kappa shape index (κ1) is 13.8. The molecule has 0 nitrogen and oxygen atoms in total. The van der Waals surface area contributed by atoms with Crippen LogP contribution in [-0.4, -0.2) is 0 Å². The van der Waals surface area contributed by atoms with Gasteiger partial charge < -0.3 is 0 Å². The first-order chi connectivity index (χ1) is 11.8. The quantitative estimate of drug-likeness (QED) is 0.306. The topological polar surface area (TPSA) is 0 Å². The average Bonchev–Trinajstić information content (AvgIpc) is 3.01. The van der Waals surface area contributed by atoms with Gasteiger partial charge in [-0.05, 0) is 41.0 Å². The van der Waals surface area contributed by atoms with Gasteiger partial charge in [-0.1, -0.05) is 72.3 Å². The summed E-state index contributed by atoms with van der Waals surface area (Å²) in [6.45, 7) is 2.16. The summed E-state index contributed by atoms with van der Waals surface area (Å²) >= 11 is 1.89. The summed E-state index contributed by atoms with van der Waals surface area (Å²) in [6.07, 6.45) is 0. The first-order valence-corrected chi connectivity index (χ1v) is 9.03. The van der Waals surface area contributed by atoms with Crippen LogP contribution in [0.5, 0.6) is 0 Å². The Morgan fingerprint density at radius 3 is 2.42 bits per heavy atom. The highest BCUT2D eigenvalue weighted by atomic mass is 32.1. The highest BCUT2D eigenvalue weighted by Crippen LogP contribution is 2.43. The van der Waals surface area contributed by atoms with E-state index in [1.165, 1.54) is 47.6 Å². The molecule has 114 valence electrons. The monoisotopic (exact) mass is 324 g/mol. The average molecular weight is 324 g/mol. The molecule has 0 radical (unpaired) electrons. The highest BCUT2D eigenvalue weighted by molar-refractivity contribution is 7.26. The fourth-order valence-electron chi connectivity index (χ4n) is 3.64. The van der Waals surface area contributed by atoms with Gasteiger partial charge in [0.2, 0.25) is 0 Å². The SMILES string of the molecule is Cc1cccc(-c2cccc3sc4ccc5ccccc5c4c23)c1. The van der Waals surface area contributed by atoms with Crippen molar-refractivity contribution in [2.24, 2.45) is 0 Å². The van der Waals surface area contributed by atoms with Crippen molar-refractivity contribution in [3.05, 3.63) is 84.4 Å². The van der Waals surface area contributed by atoms with E-state index in [1.807, 2.05) is 11.3 Å². The van der Waals surface area contributed by atoms with Crippen LogP contribution in [0.3, 0.4) is 0 Å². The summed E-state index contributed by atoms with van der Waals surface area (Å²) in [5.41, 5.74) is 3.93. The zero-order valence-electron chi connectivity index (χ0n) is 13.4. The predicted molar refractivity (Wildman–Crippen MR) is 107 cm³/mol. The zero-order chi connectivity index (χ0) is 16.1. The van der Waals surface area contributed by atoms with E-state index in [1.54, 1.807) is 0 Å². The van der Waals surface area contributed by atoms with Gasteiger partial charge in [-0.2, -0.15) is 0 Å². The Morgan fingerprint density at radius 1 is 0.667 bits per heavy atom. The van der Waals surface area contributed by atoms with Gasteiger partial charge in [-0.3, -0.25) is 0 Å². The molecule has 5 rings (SSSR count). The molecular weight excluding hydrogens is 308 g/mol. The third-order valence-electron chi connectivity index (χ3n) is 4.72. The van der Waals surface area contributed by atoms with Crippen LogP contribution in [0.25, 0.3) is 42.1 Å². The second-order valence-corrected chi connectivity index (χ2v) is 7.39. The van der Waals surface area contributed by atoms with Gasteiger partial charge in [0.15, 0.2) is 0 Å². The molecule has 0 saturated heterocycles. The minimum Gasteiger partial charge on any atom is -0.135 e. The molecule has 0 spiro atoms. The molecule has 1 aromatic heterocycles. The number of rotatable bonds is 1. The molecule has 4 aromatic carbocycles. The lowest BCUT2D eigenvalue weighted by Crippen LogP contribution is -1.81. The van der Waals surface area contributed by atoms with Crippen LogP contribution in [0.1, 0.15) is 5.56 Å². The third kappa shape index (κ3) is 1.98. The molecule has 1 heterocycles. The molecule has 0 aliphatic rings. The summed E-state index contributed by atoms with van der Waals surface area (Å²) in [7, 11) is 0. The molecule has 0 saturated carbocycles. The lowest BCUT2D eigenvalue weighted by Gasteiger charge is -2.07. The summed E-state index contributed by atoms with van der Waals surface area (Å²) in [4.78, 5) is 0. The maximum Gasteiger partial charge on any atom is 0.0362 e. The van der Waals surface area contributed by atoms with Gasteiger partial charge in [0, 0.05) is 20.2 Å². The van der Waals surface area contributed by atoms with E-state index < -0.39 is 0 Å². The van der Waals surface area contributed by atoms with Gasteiger partial charge in [0.1, 0.15) is 0 Å². The molecule has 0 amide bonds. The molecule has 0 unspecified atom stereocenters. The predicted octanol–water partition coefficient (Wildman–Crippen LogP) is 7.18. The van der Waals surface area contributed by atoms with Crippen LogP contribution in [0, 0.1) is 6.92 Å². The molecule has 0 atom stereocenters. The Morgan fingerprint density at radius 2 is 1.50 bits per heavy atom. The van der Waals surface area contributed by atoms with E-state index in [0.29, 0.717) is 0 Å². The van der Waals surface area contributed by atoms with E-state index in [2.05, 4.69) is 85.8 Å². The Kier molecular flexibility index (Phi) is 2.97. The largest absolute Gasteiger partial charge is 0.135 e. The number of benzene rings is 4. The molecule has 24 heavy (non-hydrogen) atoms. The summed E-state index contributed by atoms with van der Waals surface area (Å²) in [5.74, 6) is 0. The molecule has 0 N–H and O–H groups in total. The van der Waals surface area contributed by atoms with Crippen LogP contribution in [0.15, 0.2) is 78.9 Å². The van der Waals surface area contributed by atoms with Crippen LogP contribution in [0.2, 0.25) is 0 Å². The highest BCUT2D eigenvalue weighted by Gasteiger charge is 2.13. The standard InChI is InChI=1S/C23H16S/c1-15-6-4-8-17(14-15)19-10-5-11-20-23(19)22-18-9-3-2-7-16(18)12-13-21(22)24-20/h2-14H,1H3. The van der Waals surface area contributed by atoms with E-state index in [9.17, 15) is 0 Å². The van der Waals surface area contributed by atoms with Crippen molar-refractivity contribution in [1.82, 2.24) is 0 Å². The van der Waals surface area contributed by atoms with Crippen LogP contribution < -0.4 is 0 Å². The van der Waals surface area contributed by atoms with Gasteiger partial charge >= 0.3 is 0 Å². The maximum absolute atomic E-state index is 2.28. The van der Waals surface area contributed by atoms with Crippen LogP contribution >= 0.6 is 11.3 Å². The van der Waals surface area contributed by atoms with Crippen molar-refractivity contribution in [2.75, 3.05) is 0 Å². The summed E-state index contributed by atoms with van der Waals surface area (Å²) in [6, 6.07) is 28.7. The third-order valence-corrected chi connectivity index (χ3v) is 5.84. The Bertz CT molecular complexity index is 1210. The van der Waals surface area contributed by atoms with Gasteiger partial charge in [0.25, 0.3) is 0 Å². The van der Waals surface area contributed by atoms with E-state index in [4.69, 9.17) is 0 Å². The van der Waals surface area contributed by atoms with Gasteiger partial charge in [-0.15, -0.1) is 11.3 Å². The zero-order valence-corrected chi connectivity index (χ0v) is 14.2. The first-order valence-electron chi connectivity index (χ1n) is 8.21. The number of hydrogen-bond donors (Lipinski definition) is 0. The Balaban J connectivity index is 2.00. The van der Waals surface area contributed by atoms with E-state index >= 15 is 0 Å². The summed E-state index contributed by atoms with van der Waals surface area (Å²) in [5, 5.41) is 5.44. The lowest BCUT2D eigenvalue weighted by atomic mass is 9.96. The number of hydrogen-bond acceptors (Lipinski definition) is 1. The fraction of sp³-hybridized carbons (Fsp3) is 0.0435. The fourth-order valence-corrected chi connectivity index (χ4v) is 4.79. The van der Waals surface area contributed by atoms with E-state index in [-0.39, 0.29) is 0 Å². The molecule has 0 bridgehead atoms. The van der Waals surface area contributed by atoms with Crippen molar-refractivity contribution in [2.45, 2.75) is 6.92 Å². The molecular formula is C23H16S. The van der Waals surface area contributed by atoms with Crippen LogP contribution in [-0.2, 0) is 0 Å². The van der Waals surface area contributed by atoms with Crippen molar-refractivity contribution >= 4 is 42.3 Å². The minimum absolute atomic E-state index is 1.30. The van der Waals surface area contributed by atoms with Gasteiger partial charge in [-0.25, -0.2) is 0 Å². The lowest BCUT2D eigenvalue weighted by molar-refractivity contribution is 1.47. The normalized spacial score (nSPS) is 11.5. The van der Waals surface area contributed by atoms with Crippen LogP contribution in [0.4, 0.5) is 0 Å². The Labute approximate surface area is 145 Å². The number of fused-ring (bicyclic) bond motifs is 5. The van der Waals surface area contributed by atoms with Gasteiger partial charge in [0.05, 0.1) is 0 Å². The number of thiophene rings is 1. The van der Waals surface area contributed by atoms with Crippen molar-refractivity contribution in [3.63, 3.8) is 0 Å².